The molecule has 0 atom stereocenters. The average molecular weight is 287 g/mol. The number of para-hydroxylation sites is 1. The maximum absolute atomic E-state index is 13.5. The zero-order valence-electron chi connectivity index (χ0n) is 11.2. The van der Waals surface area contributed by atoms with Crippen LogP contribution in [0, 0.1) is 0 Å². The highest BCUT2D eigenvalue weighted by Gasteiger charge is 2.30. The lowest BCUT2D eigenvalue weighted by molar-refractivity contribution is -0.136. The molecule has 0 bridgehead atoms. The largest absolute Gasteiger partial charge is 0.505 e. The minimum Gasteiger partial charge on any atom is -0.505 e. The molecule has 3 rings (SSSR count). The van der Waals surface area contributed by atoms with Crippen LogP contribution in [-0.4, -0.2) is 22.7 Å². The van der Waals surface area contributed by atoms with Crippen molar-refractivity contribution in [2.24, 2.45) is 0 Å². The van der Waals surface area contributed by atoms with E-state index in [4.69, 9.17) is 5.11 Å². The second-order valence-electron chi connectivity index (χ2n) is 4.97. The van der Waals surface area contributed by atoms with Crippen LogP contribution in [-0.2, 0) is 4.79 Å². The number of aliphatic hydroxyl groups excluding tert-OH is 1. The number of aliphatic carboxylic acids is 1. The topological polar surface area (TPSA) is 60.8 Å². The number of fused-ring (bicyclic) bond motifs is 3. The van der Waals surface area contributed by atoms with Crippen LogP contribution in [0.3, 0.4) is 0 Å². The van der Waals surface area contributed by atoms with Crippen molar-refractivity contribution in [2.45, 2.75) is 12.8 Å². The van der Waals surface area contributed by atoms with E-state index in [1.54, 1.807) is 0 Å². The van der Waals surface area contributed by atoms with E-state index in [1.165, 1.54) is 12.2 Å². The van der Waals surface area contributed by atoms with E-state index in [2.05, 4.69) is 0 Å². The Balaban J connectivity index is 2.12. The Kier molecular flexibility index (Phi) is 3.25. The van der Waals surface area contributed by atoms with Crippen molar-refractivity contribution in [3.63, 3.8) is 0 Å². The van der Waals surface area contributed by atoms with Gasteiger partial charge in [0.2, 0.25) is 0 Å². The first-order chi connectivity index (χ1) is 10.1. The lowest BCUT2D eigenvalue weighted by Crippen LogP contribution is -2.30. The maximum atomic E-state index is 13.5. The van der Waals surface area contributed by atoms with Gasteiger partial charge in [0.1, 0.15) is 11.6 Å². The van der Waals surface area contributed by atoms with Crippen LogP contribution < -0.4 is 4.90 Å². The molecule has 0 aromatic heterocycles. The Hall–Kier alpha value is -2.56. The molecule has 21 heavy (non-hydrogen) atoms. The zero-order valence-corrected chi connectivity index (χ0v) is 11.2. The molecule has 0 saturated carbocycles. The molecule has 0 spiro atoms. The zero-order chi connectivity index (χ0) is 15.0. The predicted molar refractivity (Wildman–Crippen MR) is 77.5 cm³/mol. The van der Waals surface area contributed by atoms with Crippen molar-refractivity contribution < 1.29 is 19.4 Å². The molecule has 108 valence electrons. The summed E-state index contributed by atoms with van der Waals surface area (Å²) in [5.41, 5.74) is 2.58. The molecule has 0 aliphatic carbocycles. The molecule has 4 nitrogen and oxygen atoms in total. The van der Waals surface area contributed by atoms with Gasteiger partial charge in [-0.2, -0.15) is 0 Å². The number of aliphatic hydroxyl groups is 1. The Bertz CT molecular complexity index is 703. The van der Waals surface area contributed by atoms with Gasteiger partial charge in [-0.1, -0.05) is 18.2 Å². The summed E-state index contributed by atoms with van der Waals surface area (Å²) in [6.07, 6.45) is 2.83. The van der Waals surface area contributed by atoms with Gasteiger partial charge < -0.3 is 15.1 Å². The molecule has 0 amide bonds. The fourth-order valence-electron chi connectivity index (χ4n) is 2.70. The van der Waals surface area contributed by atoms with Gasteiger partial charge in [-0.25, -0.2) is 4.39 Å². The van der Waals surface area contributed by atoms with Gasteiger partial charge in [-0.15, -0.1) is 0 Å². The number of carboxylic acids is 1. The number of anilines is 1. The van der Waals surface area contributed by atoms with E-state index in [0.29, 0.717) is 17.8 Å². The van der Waals surface area contributed by atoms with Crippen LogP contribution in [0.15, 0.2) is 53.7 Å². The van der Waals surface area contributed by atoms with E-state index in [1.807, 2.05) is 29.2 Å². The third kappa shape index (κ3) is 2.31. The van der Waals surface area contributed by atoms with Gasteiger partial charge >= 0.3 is 5.97 Å². The fraction of sp³-hybridized carbons (Fsp3) is 0.188. The average Bonchev–Trinajstić information content (AvgIpc) is 2.47. The van der Waals surface area contributed by atoms with Gasteiger partial charge in [-0.3, -0.25) is 4.79 Å². The molecule has 2 N–H and O–H groups in total. The predicted octanol–water partition coefficient (Wildman–Crippen LogP) is 3.39. The molecule has 1 aromatic carbocycles. The standard InChI is InChI=1S/C16H14FNO3/c17-10-7-8-18-13-4-2-1-3-11(13)12(5-6-15(19)20)16(21)14(18)9-10/h1-4,7,9,21H,5-6,8H2,(H,19,20). The smallest absolute Gasteiger partial charge is 0.303 e. The third-order valence-electron chi connectivity index (χ3n) is 3.67. The SMILES string of the molecule is O=C(O)CCC1=C(O)C2=CC(F)=CCN2c2ccccc21. The molecule has 0 unspecified atom stereocenters. The van der Waals surface area contributed by atoms with Crippen LogP contribution in [0.4, 0.5) is 10.1 Å². The fourth-order valence-corrected chi connectivity index (χ4v) is 2.70. The summed E-state index contributed by atoms with van der Waals surface area (Å²) < 4.78 is 13.5. The van der Waals surface area contributed by atoms with Crippen LogP contribution in [0.2, 0.25) is 0 Å². The summed E-state index contributed by atoms with van der Waals surface area (Å²) in [6.45, 7) is 0.338. The second-order valence-corrected chi connectivity index (χ2v) is 4.97. The Morgan fingerprint density at radius 3 is 2.86 bits per heavy atom. The maximum Gasteiger partial charge on any atom is 0.303 e. The Morgan fingerprint density at radius 1 is 1.33 bits per heavy atom. The van der Waals surface area contributed by atoms with E-state index < -0.39 is 11.8 Å². The summed E-state index contributed by atoms with van der Waals surface area (Å²) in [5, 5.41) is 19.3. The number of hydrogen-bond donors (Lipinski definition) is 2. The van der Waals surface area contributed by atoms with E-state index >= 15 is 0 Å². The highest BCUT2D eigenvalue weighted by atomic mass is 19.1. The minimum absolute atomic E-state index is 0.0433. The highest BCUT2D eigenvalue weighted by Crippen LogP contribution is 2.42. The lowest BCUT2D eigenvalue weighted by Gasteiger charge is -2.35. The van der Waals surface area contributed by atoms with Crippen molar-refractivity contribution in [1.82, 2.24) is 0 Å². The summed E-state index contributed by atoms with van der Waals surface area (Å²) in [4.78, 5) is 12.6. The van der Waals surface area contributed by atoms with Crippen molar-refractivity contribution in [3.8, 4) is 0 Å². The monoisotopic (exact) mass is 287 g/mol. The molecule has 0 saturated heterocycles. The number of hydrogen-bond acceptors (Lipinski definition) is 3. The minimum atomic E-state index is -0.932. The van der Waals surface area contributed by atoms with Crippen LogP contribution in [0.5, 0.6) is 0 Å². The first-order valence-electron chi connectivity index (χ1n) is 6.66. The molecular formula is C16H14FNO3. The summed E-state index contributed by atoms with van der Waals surface area (Å²) in [5.74, 6) is -1.37. The molecule has 1 aromatic rings. The van der Waals surface area contributed by atoms with Crippen molar-refractivity contribution >= 4 is 17.2 Å². The van der Waals surface area contributed by atoms with Crippen LogP contribution in [0.25, 0.3) is 5.57 Å². The first kappa shape index (κ1) is 13.4. The molecule has 2 aliphatic heterocycles. The van der Waals surface area contributed by atoms with Crippen molar-refractivity contribution in [1.29, 1.82) is 0 Å². The summed E-state index contributed by atoms with van der Waals surface area (Å²) >= 11 is 0. The quantitative estimate of drug-likeness (QED) is 0.894. The number of benzene rings is 1. The van der Waals surface area contributed by atoms with E-state index in [0.717, 1.165) is 11.3 Å². The Morgan fingerprint density at radius 2 is 2.10 bits per heavy atom. The summed E-state index contributed by atoms with van der Waals surface area (Å²) in [7, 11) is 0. The highest BCUT2D eigenvalue weighted by molar-refractivity contribution is 5.87. The number of allylic oxidation sites excluding steroid dienone is 3. The number of carboxylic acid groups (broad SMARTS) is 1. The third-order valence-corrected chi connectivity index (χ3v) is 3.67. The van der Waals surface area contributed by atoms with E-state index in [9.17, 15) is 14.3 Å². The van der Waals surface area contributed by atoms with Gasteiger partial charge in [0.25, 0.3) is 0 Å². The Labute approximate surface area is 121 Å². The van der Waals surface area contributed by atoms with Crippen LogP contribution in [0.1, 0.15) is 18.4 Å². The molecule has 2 heterocycles. The molecule has 0 fully saturated rings. The summed E-state index contributed by atoms with van der Waals surface area (Å²) in [6, 6.07) is 7.42. The number of carbonyl (C=O) groups is 1. The van der Waals surface area contributed by atoms with E-state index in [-0.39, 0.29) is 18.6 Å². The lowest BCUT2D eigenvalue weighted by atomic mass is 9.91. The van der Waals surface area contributed by atoms with Gasteiger partial charge in [-0.05, 0) is 18.6 Å². The van der Waals surface area contributed by atoms with Crippen LogP contribution >= 0.6 is 0 Å². The number of nitrogens with zero attached hydrogens (tertiary/aromatic N) is 1. The second kappa shape index (κ2) is 5.09. The normalized spacial score (nSPS) is 16.9. The van der Waals surface area contributed by atoms with Crippen molar-refractivity contribution in [2.75, 3.05) is 11.4 Å². The number of halogens is 1. The van der Waals surface area contributed by atoms with Gasteiger partial charge in [0.15, 0.2) is 0 Å². The number of rotatable bonds is 3. The van der Waals surface area contributed by atoms with Gasteiger partial charge in [0.05, 0.1) is 5.70 Å². The first-order valence-corrected chi connectivity index (χ1v) is 6.66. The van der Waals surface area contributed by atoms with Gasteiger partial charge in [0, 0.05) is 35.9 Å². The molecule has 2 aliphatic rings. The molecular weight excluding hydrogens is 273 g/mol. The molecule has 5 heteroatoms. The van der Waals surface area contributed by atoms with Crippen molar-refractivity contribution in [3.05, 3.63) is 59.3 Å². The molecule has 0 radical (unpaired) electrons.